The van der Waals surface area contributed by atoms with E-state index in [4.69, 9.17) is 4.74 Å². The van der Waals surface area contributed by atoms with Crippen molar-refractivity contribution < 1.29 is 31.6 Å². The van der Waals surface area contributed by atoms with Crippen LogP contribution in [0.15, 0.2) is 42.5 Å². The highest BCUT2D eigenvalue weighted by atomic mass is 16.5. The molecule has 0 unspecified atom stereocenters. The smallest absolute Gasteiger partial charge is 0.262 e. The molecule has 2 N–H and O–H groups in total. The van der Waals surface area contributed by atoms with Crippen LogP contribution in [0.2, 0.25) is 0 Å². The van der Waals surface area contributed by atoms with Gasteiger partial charge in [0.2, 0.25) is 5.91 Å². The van der Waals surface area contributed by atoms with Gasteiger partial charge < -0.3 is 10.1 Å². The minimum Gasteiger partial charge on any atom is -0.494 e. The fourth-order valence-electron chi connectivity index (χ4n) is 4.01. The first-order valence-electron chi connectivity index (χ1n) is 10.6. The van der Waals surface area contributed by atoms with Crippen LogP contribution in [0.4, 0.5) is 0 Å². The summed E-state index contributed by atoms with van der Waals surface area (Å²) in [5, 5.41) is 4.99. The van der Waals surface area contributed by atoms with Gasteiger partial charge in [-0.3, -0.25) is 34.2 Å². The number of imide groups is 2. The maximum Gasteiger partial charge on any atom is 0.262 e. The molecule has 1 fully saturated rings. The van der Waals surface area contributed by atoms with Crippen LogP contribution in [0.1, 0.15) is 66.2 Å². The molecule has 0 bridgehead atoms. The van der Waals surface area contributed by atoms with E-state index >= 15 is 0 Å². The van der Waals surface area contributed by atoms with E-state index in [9.17, 15) is 24.0 Å². The third-order valence-electron chi connectivity index (χ3n) is 5.91. The molecule has 0 aliphatic carbocycles. The Kier molecular flexibility index (Phi) is 5.71. The number of carbonyl (C=O) groups is 5. The van der Waals surface area contributed by atoms with E-state index < -0.39 is 29.2 Å². The molecule has 4 rings (SSSR count). The third kappa shape index (κ3) is 3.97. The molecule has 2 aliphatic rings. The van der Waals surface area contributed by atoms with Gasteiger partial charge >= 0.3 is 0 Å². The number of benzene rings is 2. The summed E-state index contributed by atoms with van der Waals surface area (Å²) in [6.45, 7) is 4.03. The largest absolute Gasteiger partial charge is 0.494 e. The highest BCUT2D eigenvalue weighted by molar-refractivity contribution is 6.24. The van der Waals surface area contributed by atoms with Crippen LogP contribution in [0, 0.1) is 0 Å². The summed E-state index contributed by atoms with van der Waals surface area (Å²) in [4.78, 5) is 63.4. The molecular weight excluding hydrogens is 426 g/mol. The Morgan fingerprint density at radius 1 is 1.09 bits per heavy atom. The standard InChI is InChI=1S/C24H23N3O6.2H2/c1-3-33-16-7-5-15(6-8-16)20(29)25-13-14-4-9-17-18(12-14)22(31)27(21(17)30)24(2)11-10-19(28)26-23(24)32;;/h4-9,12H,3,10-11,13H2,1-2H3,(H,25,29)(H,26,28,32);2*1H/t24-;;/m0../s1. The number of ether oxygens (including phenoxy) is 1. The van der Waals surface area contributed by atoms with Crippen LogP contribution in [0.25, 0.3) is 0 Å². The second kappa shape index (κ2) is 8.50. The van der Waals surface area contributed by atoms with Gasteiger partial charge in [0.1, 0.15) is 11.3 Å². The lowest BCUT2D eigenvalue weighted by Gasteiger charge is -2.38. The Labute approximate surface area is 193 Å². The molecule has 5 amide bonds. The lowest BCUT2D eigenvalue weighted by Crippen LogP contribution is -2.62. The summed E-state index contributed by atoms with van der Waals surface area (Å²) in [5.74, 6) is -1.90. The average molecular weight is 453 g/mol. The predicted octanol–water partition coefficient (Wildman–Crippen LogP) is 2.30. The van der Waals surface area contributed by atoms with E-state index in [2.05, 4.69) is 10.6 Å². The summed E-state index contributed by atoms with van der Waals surface area (Å²) in [6.07, 6.45) is 0.104. The highest BCUT2D eigenvalue weighted by Crippen LogP contribution is 2.34. The van der Waals surface area contributed by atoms with Crippen LogP contribution in [0.5, 0.6) is 5.75 Å². The van der Waals surface area contributed by atoms with Crippen LogP contribution in [-0.4, -0.2) is 46.6 Å². The average Bonchev–Trinajstić information content (AvgIpc) is 3.05. The molecule has 33 heavy (non-hydrogen) atoms. The first-order chi connectivity index (χ1) is 15.7. The Morgan fingerprint density at radius 3 is 2.45 bits per heavy atom. The van der Waals surface area contributed by atoms with Gasteiger partial charge in [-0.15, -0.1) is 0 Å². The van der Waals surface area contributed by atoms with E-state index in [1.807, 2.05) is 6.92 Å². The molecule has 2 aromatic carbocycles. The molecule has 2 aliphatic heterocycles. The number of hydrogen-bond donors (Lipinski definition) is 2. The molecular formula is C24H27N3O6. The summed E-state index contributed by atoms with van der Waals surface area (Å²) in [6, 6.07) is 11.4. The molecule has 2 heterocycles. The normalized spacial score (nSPS) is 19.9. The first-order valence-corrected chi connectivity index (χ1v) is 10.6. The van der Waals surface area contributed by atoms with Gasteiger partial charge in [-0.25, -0.2) is 0 Å². The van der Waals surface area contributed by atoms with Crippen molar-refractivity contribution >= 4 is 29.5 Å². The second-order valence-electron chi connectivity index (χ2n) is 8.12. The van der Waals surface area contributed by atoms with Crippen molar-refractivity contribution in [3.63, 3.8) is 0 Å². The van der Waals surface area contributed by atoms with Crippen LogP contribution < -0.4 is 15.4 Å². The molecule has 0 saturated carbocycles. The summed E-state index contributed by atoms with van der Waals surface area (Å²) in [7, 11) is 0. The van der Waals surface area contributed by atoms with Gasteiger partial charge in [0, 0.05) is 21.4 Å². The van der Waals surface area contributed by atoms with Crippen molar-refractivity contribution in [3.8, 4) is 5.75 Å². The van der Waals surface area contributed by atoms with E-state index in [1.54, 1.807) is 36.4 Å². The monoisotopic (exact) mass is 453 g/mol. The summed E-state index contributed by atoms with van der Waals surface area (Å²) >= 11 is 0. The molecule has 0 spiro atoms. The van der Waals surface area contributed by atoms with E-state index in [0.717, 1.165) is 4.90 Å². The van der Waals surface area contributed by atoms with Crippen LogP contribution in [-0.2, 0) is 16.1 Å². The number of amides is 5. The number of nitrogens with one attached hydrogen (secondary N) is 2. The number of carbonyl (C=O) groups excluding carboxylic acids is 5. The third-order valence-corrected chi connectivity index (χ3v) is 5.91. The quantitative estimate of drug-likeness (QED) is 0.648. The molecule has 1 atom stereocenters. The number of rotatable bonds is 6. The summed E-state index contributed by atoms with van der Waals surface area (Å²) < 4.78 is 5.37. The maximum atomic E-state index is 13.1. The van der Waals surface area contributed by atoms with Gasteiger partial charge in [-0.05, 0) is 62.2 Å². The fraction of sp³-hybridized carbons (Fsp3) is 0.292. The molecule has 9 nitrogen and oxygen atoms in total. The van der Waals surface area contributed by atoms with Crippen molar-refractivity contribution in [2.75, 3.05) is 6.61 Å². The first kappa shape index (κ1) is 22.2. The van der Waals surface area contributed by atoms with Crippen molar-refractivity contribution in [2.24, 2.45) is 0 Å². The Balaban J connectivity index is 0.00000216. The van der Waals surface area contributed by atoms with E-state index in [-0.39, 0.29) is 39.3 Å². The Bertz CT molecular complexity index is 1180. The molecule has 0 radical (unpaired) electrons. The van der Waals surface area contributed by atoms with Crippen molar-refractivity contribution in [1.29, 1.82) is 0 Å². The lowest BCUT2D eigenvalue weighted by atomic mass is 9.89. The van der Waals surface area contributed by atoms with Gasteiger partial charge in [0.05, 0.1) is 17.7 Å². The zero-order valence-corrected chi connectivity index (χ0v) is 18.3. The summed E-state index contributed by atoms with van der Waals surface area (Å²) in [5.41, 5.74) is 0.00176. The number of piperidine rings is 1. The van der Waals surface area contributed by atoms with Crippen molar-refractivity contribution in [3.05, 3.63) is 64.7 Å². The van der Waals surface area contributed by atoms with Gasteiger partial charge in [-0.1, -0.05) is 6.07 Å². The van der Waals surface area contributed by atoms with E-state index in [1.165, 1.54) is 13.0 Å². The maximum absolute atomic E-state index is 13.1. The Morgan fingerprint density at radius 2 is 1.79 bits per heavy atom. The molecule has 1 saturated heterocycles. The van der Waals surface area contributed by atoms with Gasteiger partial charge in [0.15, 0.2) is 0 Å². The molecule has 174 valence electrons. The minimum absolute atomic E-state index is 0. The fourth-order valence-corrected chi connectivity index (χ4v) is 4.01. The zero-order valence-electron chi connectivity index (χ0n) is 18.3. The zero-order chi connectivity index (χ0) is 23.8. The molecule has 0 aromatic heterocycles. The molecule has 9 heteroatoms. The topological polar surface area (TPSA) is 122 Å². The van der Waals surface area contributed by atoms with Crippen molar-refractivity contribution in [2.45, 2.75) is 38.8 Å². The second-order valence-corrected chi connectivity index (χ2v) is 8.12. The van der Waals surface area contributed by atoms with Crippen molar-refractivity contribution in [1.82, 2.24) is 15.5 Å². The van der Waals surface area contributed by atoms with Crippen LogP contribution >= 0.6 is 0 Å². The number of fused-ring (bicyclic) bond motifs is 1. The van der Waals surface area contributed by atoms with Gasteiger partial charge in [-0.2, -0.15) is 0 Å². The van der Waals surface area contributed by atoms with Gasteiger partial charge in [0.25, 0.3) is 23.6 Å². The highest BCUT2D eigenvalue weighted by Gasteiger charge is 2.52. The number of nitrogens with zero attached hydrogens (tertiary/aromatic N) is 1. The minimum atomic E-state index is -1.44. The Hall–Kier alpha value is -4.01. The number of hydrogen-bond acceptors (Lipinski definition) is 6. The lowest BCUT2D eigenvalue weighted by molar-refractivity contribution is -0.140. The van der Waals surface area contributed by atoms with E-state index in [0.29, 0.717) is 23.5 Å². The van der Waals surface area contributed by atoms with Crippen LogP contribution in [0.3, 0.4) is 0 Å². The SMILES string of the molecule is CCOc1ccc(C(=O)NCc2ccc3c(c2)C(=O)N([C@@]2(C)CCC(=O)NC2=O)C3=O)cc1.[HH].[HH]. The predicted molar refractivity (Wildman–Crippen MR) is 121 cm³/mol. The molecule has 2 aromatic rings.